The number of carbonyl (C=O) groups is 1. The van der Waals surface area contributed by atoms with Crippen molar-refractivity contribution in [2.24, 2.45) is 11.8 Å². The van der Waals surface area contributed by atoms with Crippen LogP contribution in [0, 0.1) is 11.8 Å². The first-order valence-corrected chi connectivity index (χ1v) is 10.1. The summed E-state index contributed by atoms with van der Waals surface area (Å²) in [6.45, 7) is 2.65. The van der Waals surface area contributed by atoms with Crippen molar-refractivity contribution in [1.29, 1.82) is 0 Å². The summed E-state index contributed by atoms with van der Waals surface area (Å²) in [4.78, 5) is 21.9. The van der Waals surface area contributed by atoms with Crippen LogP contribution < -0.4 is 4.74 Å². The number of likely N-dealkylation sites (tertiary alicyclic amines) is 1. The highest BCUT2D eigenvalue weighted by Crippen LogP contribution is 2.30. The van der Waals surface area contributed by atoms with Crippen LogP contribution in [0.3, 0.4) is 0 Å². The van der Waals surface area contributed by atoms with Crippen LogP contribution in [0.1, 0.15) is 24.2 Å². The summed E-state index contributed by atoms with van der Waals surface area (Å²) in [7, 11) is 1.67. The summed E-state index contributed by atoms with van der Waals surface area (Å²) >= 11 is 0. The van der Waals surface area contributed by atoms with Gasteiger partial charge in [0.2, 0.25) is 0 Å². The lowest BCUT2D eigenvalue weighted by Gasteiger charge is -2.38. The molecule has 1 saturated heterocycles. The number of methoxy groups -OCH3 is 1. The number of hydrogen-bond donors (Lipinski definition) is 2. The Bertz CT molecular complexity index is 934. The van der Waals surface area contributed by atoms with Crippen molar-refractivity contribution in [2.45, 2.75) is 25.8 Å². The van der Waals surface area contributed by atoms with Crippen molar-refractivity contribution in [1.82, 2.24) is 14.9 Å². The normalized spacial score (nSPS) is 20.0. The number of rotatable bonds is 7. The maximum Gasteiger partial charge on any atom is 0.303 e. The van der Waals surface area contributed by atoms with Crippen LogP contribution in [0.15, 0.2) is 48.5 Å². The largest absolute Gasteiger partial charge is 0.497 e. The maximum absolute atomic E-state index is 11.4. The molecule has 3 aromatic rings. The van der Waals surface area contributed by atoms with Crippen molar-refractivity contribution in [3.63, 3.8) is 0 Å². The van der Waals surface area contributed by atoms with E-state index >= 15 is 0 Å². The van der Waals surface area contributed by atoms with Crippen molar-refractivity contribution in [3.05, 3.63) is 59.9 Å². The molecule has 0 aliphatic carbocycles. The van der Waals surface area contributed by atoms with Crippen LogP contribution in [-0.2, 0) is 17.8 Å². The predicted octanol–water partition coefficient (Wildman–Crippen LogP) is 3.73. The number of H-pyrrole nitrogens is 1. The number of hydrogen-bond acceptors (Lipinski definition) is 4. The number of aromatic nitrogens is 2. The molecule has 1 aromatic heterocycles. The molecule has 2 N–H and O–H groups in total. The summed E-state index contributed by atoms with van der Waals surface area (Å²) in [6.07, 6.45) is 1.89. The number of benzene rings is 2. The molecule has 0 bridgehead atoms. The van der Waals surface area contributed by atoms with Gasteiger partial charge in [0.1, 0.15) is 11.6 Å². The number of imidazole rings is 1. The first-order chi connectivity index (χ1) is 14.1. The second kappa shape index (κ2) is 8.66. The Morgan fingerprint density at radius 1 is 1.21 bits per heavy atom. The van der Waals surface area contributed by atoms with E-state index in [2.05, 4.69) is 22.0 Å². The maximum atomic E-state index is 11.4. The highest BCUT2D eigenvalue weighted by Gasteiger charge is 2.31. The quantitative estimate of drug-likeness (QED) is 0.640. The van der Waals surface area contributed by atoms with Crippen molar-refractivity contribution in [2.75, 3.05) is 20.2 Å². The molecule has 0 unspecified atom stereocenters. The Hall–Kier alpha value is -2.86. The molecule has 0 spiro atoms. The number of carboxylic acid groups (broad SMARTS) is 1. The SMILES string of the molecule is COc1ccc(CN2CC[C@@H](CC(=O)O)[C@@H](Cc3nc4ccccc4[nH]3)C2)cc1. The van der Waals surface area contributed by atoms with E-state index in [1.807, 2.05) is 36.4 Å². The Kier molecular flexibility index (Phi) is 5.81. The first-order valence-electron chi connectivity index (χ1n) is 10.1. The Balaban J connectivity index is 1.47. The fraction of sp³-hybridized carbons (Fsp3) is 0.391. The molecule has 4 rings (SSSR count). The topological polar surface area (TPSA) is 78.4 Å². The van der Waals surface area contributed by atoms with Gasteiger partial charge in [-0.05, 0) is 54.6 Å². The lowest BCUT2D eigenvalue weighted by molar-refractivity contribution is -0.139. The molecule has 2 aromatic carbocycles. The van der Waals surface area contributed by atoms with Crippen LogP contribution >= 0.6 is 0 Å². The second-order valence-electron chi connectivity index (χ2n) is 7.89. The first kappa shape index (κ1) is 19.5. The summed E-state index contributed by atoms with van der Waals surface area (Å²) in [5.41, 5.74) is 3.23. The summed E-state index contributed by atoms with van der Waals surface area (Å²) in [6, 6.07) is 16.2. The van der Waals surface area contributed by atoms with Gasteiger partial charge in [-0.1, -0.05) is 24.3 Å². The standard InChI is InChI=1S/C23H27N3O3/c1-29-19-8-6-16(7-9-19)14-26-11-10-17(13-23(27)28)18(15-26)12-22-24-20-4-2-3-5-21(20)25-22/h2-9,17-18H,10-15H2,1H3,(H,24,25)(H,27,28)/t17-,18-/m0/s1. The minimum absolute atomic E-state index is 0.174. The van der Waals surface area contributed by atoms with E-state index in [9.17, 15) is 9.90 Å². The third-order valence-electron chi connectivity index (χ3n) is 5.87. The zero-order valence-corrected chi connectivity index (χ0v) is 16.7. The van der Waals surface area contributed by atoms with Crippen molar-refractivity contribution >= 4 is 17.0 Å². The van der Waals surface area contributed by atoms with Crippen LogP contribution in [0.2, 0.25) is 0 Å². The number of para-hydroxylation sites is 2. The summed E-state index contributed by atoms with van der Waals surface area (Å²) in [5.74, 6) is 1.52. The highest BCUT2D eigenvalue weighted by molar-refractivity contribution is 5.74. The van der Waals surface area contributed by atoms with Gasteiger partial charge in [0, 0.05) is 25.9 Å². The molecule has 2 heterocycles. The fourth-order valence-corrected chi connectivity index (χ4v) is 4.36. The molecule has 1 fully saturated rings. The minimum atomic E-state index is -0.715. The third-order valence-corrected chi connectivity index (χ3v) is 5.87. The lowest BCUT2D eigenvalue weighted by atomic mass is 9.81. The number of fused-ring (bicyclic) bond motifs is 1. The molecule has 152 valence electrons. The zero-order chi connectivity index (χ0) is 20.2. The number of aliphatic carboxylic acids is 1. The molecule has 2 atom stereocenters. The summed E-state index contributed by atoms with van der Waals surface area (Å²) in [5, 5.41) is 9.37. The van der Waals surface area contributed by atoms with Gasteiger partial charge in [-0.15, -0.1) is 0 Å². The summed E-state index contributed by atoms with van der Waals surface area (Å²) < 4.78 is 5.24. The third kappa shape index (κ3) is 4.77. The number of piperidine rings is 1. The predicted molar refractivity (Wildman–Crippen MR) is 112 cm³/mol. The number of nitrogens with zero attached hydrogens (tertiary/aromatic N) is 2. The fourth-order valence-electron chi connectivity index (χ4n) is 4.36. The van der Waals surface area contributed by atoms with E-state index in [4.69, 9.17) is 9.72 Å². The van der Waals surface area contributed by atoms with Crippen LogP contribution in [0.5, 0.6) is 5.75 Å². The molecular formula is C23H27N3O3. The zero-order valence-electron chi connectivity index (χ0n) is 16.7. The molecule has 0 amide bonds. The minimum Gasteiger partial charge on any atom is -0.497 e. The van der Waals surface area contributed by atoms with Crippen molar-refractivity contribution in [3.8, 4) is 5.75 Å². The Morgan fingerprint density at radius 3 is 2.72 bits per heavy atom. The van der Waals surface area contributed by atoms with E-state index in [1.54, 1.807) is 7.11 Å². The molecule has 29 heavy (non-hydrogen) atoms. The number of ether oxygens (including phenoxy) is 1. The number of nitrogens with one attached hydrogen (secondary N) is 1. The number of aromatic amines is 1. The molecule has 1 aliphatic rings. The van der Waals surface area contributed by atoms with Crippen molar-refractivity contribution < 1.29 is 14.6 Å². The molecule has 6 nitrogen and oxygen atoms in total. The average Bonchev–Trinajstić information content (AvgIpc) is 3.12. The van der Waals surface area contributed by atoms with Gasteiger partial charge in [0.05, 0.1) is 18.1 Å². The molecule has 1 aliphatic heterocycles. The monoisotopic (exact) mass is 393 g/mol. The van der Waals surface area contributed by atoms with Gasteiger partial charge in [-0.2, -0.15) is 0 Å². The van der Waals surface area contributed by atoms with E-state index < -0.39 is 5.97 Å². The molecule has 0 radical (unpaired) electrons. The van der Waals surface area contributed by atoms with Gasteiger partial charge >= 0.3 is 5.97 Å². The van der Waals surface area contributed by atoms with E-state index in [0.717, 1.165) is 55.1 Å². The lowest BCUT2D eigenvalue weighted by Crippen LogP contribution is -2.41. The molecular weight excluding hydrogens is 366 g/mol. The van der Waals surface area contributed by atoms with E-state index in [0.29, 0.717) is 0 Å². The molecule has 6 heteroatoms. The second-order valence-corrected chi connectivity index (χ2v) is 7.89. The number of carboxylic acids is 1. The van der Waals surface area contributed by atoms with E-state index in [-0.39, 0.29) is 18.3 Å². The van der Waals surface area contributed by atoms with Gasteiger partial charge in [0.15, 0.2) is 0 Å². The Labute approximate surface area is 170 Å². The van der Waals surface area contributed by atoms with Gasteiger partial charge in [-0.3, -0.25) is 9.69 Å². The average molecular weight is 393 g/mol. The Morgan fingerprint density at radius 2 is 2.00 bits per heavy atom. The highest BCUT2D eigenvalue weighted by atomic mass is 16.5. The van der Waals surface area contributed by atoms with Crippen LogP contribution in [0.25, 0.3) is 11.0 Å². The van der Waals surface area contributed by atoms with Gasteiger partial charge in [-0.25, -0.2) is 4.98 Å². The van der Waals surface area contributed by atoms with Gasteiger partial charge < -0.3 is 14.8 Å². The van der Waals surface area contributed by atoms with Gasteiger partial charge in [0.25, 0.3) is 0 Å². The smallest absolute Gasteiger partial charge is 0.303 e. The molecule has 0 saturated carbocycles. The van der Waals surface area contributed by atoms with E-state index in [1.165, 1.54) is 5.56 Å². The van der Waals surface area contributed by atoms with Crippen LogP contribution in [0.4, 0.5) is 0 Å². The van der Waals surface area contributed by atoms with Crippen LogP contribution in [-0.4, -0.2) is 46.1 Å².